The number of carbonyl (C=O) groups excluding carboxylic acids is 1. The van der Waals surface area contributed by atoms with Crippen molar-refractivity contribution in [1.29, 1.82) is 0 Å². The Morgan fingerprint density at radius 1 is 0.778 bits per heavy atom. The molecule has 0 radical (unpaired) electrons. The fraction of sp³-hybridized carbons (Fsp3) is 0.300. The third kappa shape index (κ3) is 10.9. The van der Waals surface area contributed by atoms with Gasteiger partial charge in [-0.2, -0.15) is 4.72 Å². The van der Waals surface area contributed by atoms with Gasteiger partial charge in [0, 0.05) is 63.1 Å². The van der Waals surface area contributed by atoms with E-state index in [-0.39, 0.29) is 42.6 Å². The molecule has 0 spiro atoms. The number of piperazine rings is 1. The van der Waals surface area contributed by atoms with Crippen molar-refractivity contribution in [2.45, 2.75) is 62.9 Å². The molecule has 5 aromatic carbocycles. The number of anilines is 1. The molecule has 5 atom stereocenters. The van der Waals surface area contributed by atoms with Crippen molar-refractivity contribution in [3.05, 3.63) is 179 Å². The molecule has 63 heavy (non-hydrogen) atoms. The number of nitrogens with zero attached hydrogens (tertiary/aromatic N) is 4. The van der Waals surface area contributed by atoms with Gasteiger partial charge in [-0.05, 0) is 64.9 Å². The molecule has 12 nitrogen and oxygen atoms in total. The molecule has 2 aliphatic rings. The van der Waals surface area contributed by atoms with E-state index in [9.17, 15) is 18.3 Å². The van der Waals surface area contributed by atoms with Crippen molar-refractivity contribution >= 4 is 21.9 Å². The molecule has 0 aliphatic carbocycles. The number of sulfonamides is 1. The van der Waals surface area contributed by atoms with E-state index in [1.807, 2.05) is 116 Å². The first-order chi connectivity index (χ1) is 30.6. The molecule has 8 rings (SSSR count). The molecule has 2 saturated heterocycles. The number of rotatable bonds is 15. The summed E-state index contributed by atoms with van der Waals surface area (Å²) >= 11 is 0. The molecule has 0 bridgehead atoms. The summed E-state index contributed by atoms with van der Waals surface area (Å²) in [5.74, 6) is 0.369. The van der Waals surface area contributed by atoms with Gasteiger partial charge in [0.1, 0.15) is 6.04 Å². The van der Waals surface area contributed by atoms with Crippen molar-refractivity contribution in [3.63, 3.8) is 0 Å². The van der Waals surface area contributed by atoms with Crippen LogP contribution in [0.3, 0.4) is 0 Å². The molecular weight excluding hydrogens is 813 g/mol. The van der Waals surface area contributed by atoms with Crippen LogP contribution in [0, 0.1) is 12.8 Å². The number of amides is 1. The van der Waals surface area contributed by atoms with Crippen LogP contribution in [0.1, 0.15) is 52.7 Å². The highest BCUT2D eigenvalue weighted by atomic mass is 32.2. The van der Waals surface area contributed by atoms with Gasteiger partial charge in [-0.25, -0.2) is 18.4 Å². The van der Waals surface area contributed by atoms with Gasteiger partial charge in [0.15, 0.2) is 6.29 Å². The van der Waals surface area contributed by atoms with Crippen LogP contribution in [0.4, 0.5) is 5.95 Å². The Morgan fingerprint density at radius 3 is 2.14 bits per heavy atom. The highest BCUT2D eigenvalue weighted by molar-refractivity contribution is 7.89. The average Bonchev–Trinajstić information content (AvgIpc) is 3.32. The second kappa shape index (κ2) is 20.1. The Kier molecular flexibility index (Phi) is 14.0. The predicted octanol–water partition coefficient (Wildman–Crippen LogP) is 6.76. The normalized spacial score (nSPS) is 20.0. The number of aliphatic hydroxyl groups is 1. The van der Waals surface area contributed by atoms with Crippen LogP contribution < -0.4 is 14.9 Å². The molecule has 13 heteroatoms. The molecule has 326 valence electrons. The van der Waals surface area contributed by atoms with Crippen molar-refractivity contribution in [1.82, 2.24) is 24.9 Å². The number of hydrogen-bond acceptors (Lipinski definition) is 10. The Morgan fingerprint density at radius 2 is 1.44 bits per heavy atom. The standard InChI is InChI=1S/C50H54N6O6S/c1-35-13-23-43(24-14-35)63(59,60)54-45(31-37-9-4-3-5-10-37)48(58)53-32-42-11-6-7-12-44(42)39-19-21-41(22-20-39)49-61-46(36(2)47(62-49)40-17-15-38(34-57)16-18-40)33-55-27-29-56(30-28-55)50-51-25-8-26-52-50/h3-26,36,45-47,49,54,57H,27-34H2,1-2H3,(H,53,58)/t36-,45-,46+,47+,49+/m1/s1. The van der Waals surface area contributed by atoms with Crippen LogP contribution in [0.2, 0.25) is 0 Å². The number of nitrogens with one attached hydrogen (secondary N) is 2. The summed E-state index contributed by atoms with van der Waals surface area (Å²) in [5.41, 5.74) is 7.29. The van der Waals surface area contributed by atoms with Gasteiger partial charge in [0.2, 0.25) is 21.9 Å². The van der Waals surface area contributed by atoms with E-state index in [1.165, 1.54) is 0 Å². The Balaban J connectivity index is 0.974. The number of benzene rings is 5. The summed E-state index contributed by atoms with van der Waals surface area (Å²) < 4.78 is 43.2. The van der Waals surface area contributed by atoms with E-state index in [4.69, 9.17) is 9.47 Å². The zero-order valence-electron chi connectivity index (χ0n) is 35.6. The number of aliphatic hydroxyl groups excluding tert-OH is 1. The lowest BCUT2D eigenvalue weighted by molar-refractivity contribution is -0.276. The largest absolute Gasteiger partial charge is 0.392 e. The minimum Gasteiger partial charge on any atom is -0.392 e. The molecule has 2 fully saturated rings. The van der Waals surface area contributed by atoms with Gasteiger partial charge in [-0.1, -0.05) is 128 Å². The van der Waals surface area contributed by atoms with Gasteiger partial charge in [0.05, 0.1) is 23.7 Å². The number of aromatic nitrogens is 2. The minimum absolute atomic E-state index is 0.0254. The molecule has 1 aromatic heterocycles. The lowest BCUT2D eigenvalue weighted by Gasteiger charge is -2.44. The summed E-state index contributed by atoms with van der Waals surface area (Å²) in [5, 5.41) is 12.7. The molecule has 6 aromatic rings. The highest BCUT2D eigenvalue weighted by Crippen LogP contribution is 2.42. The van der Waals surface area contributed by atoms with E-state index in [2.05, 4.69) is 36.7 Å². The third-order valence-electron chi connectivity index (χ3n) is 12.0. The van der Waals surface area contributed by atoms with Crippen molar-refractivity contribution in [3.8, 4) is 11.1 Å². The topological polar surface area (TPSA) is 146 Å². The second-order valence-corrected chi connectivity index (χ2v) is 18.0. The van der Waals surface area contributed by atoms with Gasteiger partial charge in [-0.3, -0.25) is 9.69 Å². The summed E-state index contributed by atoms with van der Waals surface area (Å²) in [6.45, 7) is 8.34. The van der Waals surface area contributed by atoms with E-state index >= 15 is 0 Å². The zero-order chi connectivity index (χ0) is 43.8. The Bertz CT molecular complexity index is 2520. The Hall–Kier alpha value is -5.80. The van der Waals surface area contributed by atoms with Crippen molar-refractivity contribution in [2.24, 2.45) is 5.92 Å². The fourth-order valence-corrected chi connectivity index (χ4v) is 9.45. The van der Waals surface area contributed by atoms with Crippen LogP contribution in [0.25, 0.3) is 11.1 Å². The second-order valence-electron chi connectivity index (χ2n) is 16.3. The maximum atomic E-state index is 13.9. The van der Waals surface area contributed by atoms with E-state index < -0.39 is 28.3 Å². The maximum absolute atomic E-state index is 13.9. The first-order valence-electron chi connectivity index (χ1n) is 21.5. The van der Waals surface area contributed by atoms with E-state index in [1.54, 1.807) is 36.7 Å². The maximum Gasteiger partial charge on any atom is 0.241 e. The van der Waals surface area contributed by atoms with Crippen LogP contribution in [-0.4, -0.2) is 79.2 Å². The smallest absolute Gasteiger partial charge is 0.241 e. The third-order valence-corrected chi connectivity index (χ3v) is 13.4. The minimum atomic E-state index is -3.99. The van der Waals surface area contributed by atoms with Gasteiger partial charge >= 0.3 is 0 Å². The van der Waals surface area contributed by atoms with Gasteiger partial charge in [-0.15, -0.1) is 0 Å². The van der Waals surface area contributed by atoms with Crippen LogP contribution in [-0.2, 0) is 43.9 Å². The Labute approximate surface area is 370 Å². The van der Waals surface area contributed by atoms with Gasteiger partial charge < -0.3 is 24.8 Å². The number of hydrogen-bond donors (Lipinski definition) is 3. The monoisotopic (exact) mass is 866 g/mol. The summed E-state index contributed by atoms with van der Waals surface area (Å²) in [4.78, 5) is 27.5. The fourth-order valence-electron chi connectivity index (χ4n) is 8.26. The van der Waals surface area contributed by atoms with E-state index in [0.717, 1.165) is 83.2 Å². The number of carbonyl (C=O) groups is 1. The molecule has 3 heterocycles. The molecular formula is C50H54N6O6S. The van der Waals surface area contributed by atoms with Gasteiger partial charge in [0.25, 0.3) is 0 Å². The quantitative estimate of drug-likeness (QED) is 0.101. The molecule has 1 amide bonds. The average molecular weight is 867 g/mol. The first-order valence-corrected chi connectivity index (χ1v) is 23.0. The van der Waals surface area contributed by atoms with Crippen molar-refractivity contribution in [2.75, 3.05) is 37.6 Å². The number of ether oxygens (including phenoxy) is 2. The molecule has 0 unspecified atom stereocenters. The first kappa shape index (κ1) is 43.8. The summed E-state index contributed by atoms with van der Waals surface area (Å²) in [7, 11) is -3.99. The summed E-state index contributed by atoms with van der Waals surface area (Å²) in [6.07, 6.45) is 2.75. The lowest BCUT2D eigenvalue weighted by atomic mass is 9.89. The highest BCUT2D eigenvalue weighted by Gasteiger charge is 2.39. The summed E-state index contributed by atoms with van der Waals surface area (Å²) in [6, 6.07) is 40.7. The van der Waals surface area contributed by atoms with Crippen LogP contribution >= 0.6 is 0 Å². The van der Waals surface area contributed by atoms with E-state index in [0.29, 0.717) is 0 Å². The predicted molar refractivity (Wildman–Crippen MR) is 243 cm³/mol. The van der Waals surface area contributed by atoms with Crippen molar-refractivity contribution < 1.29 is 27.8 Å². The molecule has 0 saturated carbocycles. The number of aryl methyl sites for hydroxylation is 1. The van der Waals surface area contributed by atoms with Crippen LogP contribution in [0.15, 0.2) is 151 Å². The lowest BCUT2D eigenvalue weighted by Crippen LogP contribution is -2.51. The SMILES string of the molecule is Cc1ccc(S(=O)(=O)N[C@H](Cc2ccccc2)C(=O)NCc2ccccc2-c2ccc([C@H]3O[C@@H](CN4CCN(c5ncccn5)CC4)[C@@H](C)[C@@H](c4ccc(CO)cc4)O3)cc2)cc1. The molecule has 3 N–H and O–H groups in total. The molecule has 2 aliphatic heterocycles. The van der Waals surface area contributed by atoms with Crippen LogP contribution in [0.5, 0.6) is 0 Å². The zero-order valence-corrected chi connectivity index (χ0v) is 36.4.